The molecule has 0 atom stereocenters. The summed E-state index contributed by atoms with van der Waals surface area (Å²) in [6.07, 6.45) is 7.61. The lowest BCUT2D eigenvalue weighted by atomic mass is 9.90. The molecule has 0 saturated carbocycles. The molecule has 1 aromatic carbocycles. The van der Waals surface area contributed by atoms with Crippen molar-refractivity contribution < 1.29 is 19.0 Å². The van der Waals surface area contributed by atoms with Gasteiger partial charge in [0.2, 0.25) is 0 Å². The van der Waals surface area contributed by atoms with E-state index in [0.717, 1.165) is 28.2 Å². The zero-order chi connectivity index (χ0) is 18.4. The van der Waals surface area contributed by atoms with Crippen LogP contribution in [-0.4, -0.2) is 26.3 Å². The fourth-order valence-electron chi connectivity index (χ4n) is 2.57. The number of carbonyl (C=O) groups is 1. The summed E-state index contributed by atoms with van der Waals surface area (Å²) in [5.41, 5.74) is 2.78. The lowest BCUT2D eigenvalue weighted by molar-refractivity contribution is -0.137. The van der Waals surface area contributed by atoms with Crippen LogP contribution in [0, 0.1) is 5.41 Å². The van der Waals surface area contributed by atoms with Gasteiger partial charge in [0.15, 0.2) is 0 Å². The standard InChI is InChI=1S/C21H26O4/c1-6-24-20(22)11-15(2)7-8-16-13-21(3,4)14-25-19-12-17(23-5)9-10-18(16)19/h7-13H,6,14H2,1-5H3. The number of allylic oxidation sites excluding steroid dienone is 4. The van der Waals surface area contributed by atoms with E-state index in [0.29, 0.717) is 13.2 Å². The maximum Gasteiger partial charge on any atom is 0.330 e. The molecule has 1 aliphatic heterocycles. The van der Waals surface area contributed by atoms with Gasteiger partial charge in [-0.2, -0.15) is 0 Å². The molecule has 0 N–H and O–H groups in total. The summed E-state index contributed by atoms with van der Waals surface area (Å²) >= 11 is 0. The first-order valence-electron chi connectivity index (χ1n) is 8.42. The van der Waals surface area contributed by atoms with Crippen LogP contribution in [0.15, 0.2) is 48.1 Å². The van der Waals surface area contributed by atoms with Gasteiger partial charge in [0.25, 0.3) is 0 Å². The van der Waals surface area contributed by atoms with E-state index in [2.05, 4.69) is 19.9 Å². The molecule has 1 heterocycles. The van der Waals surface area contributed by atoms with Gasteiger partial charge in [0.05, 0.1) is 20.3 Å². The van der Waals surface area contributed by atoms with Crippen LogP contribution in [0.5, 0.6) is 11.5 Å². The van der Waals surface area contributed by atoms with Gasteiger partial charge in [-0.15, -0.1) is 0 Å². The Balaban J connectivity index is 2.35. The van der Waals surface area contributed by atoms with Crippen molar-refractivity contribution in [3.63, 3.8) is 0 Å². The number of fused-ring (bicyclic) bond motifs is 1. The smallest absolute Gasteiger partial charge is 0.330 e. The molecule has 0 radical (unpaired) electrons. The third kappa shape index (κ3) is 5.24. The van der Waals surface area contributed by atoms with Crippen molar-refractivity contribution in [1.82, 2.24) is 0 Å². The Bertz CT molecular complexity index is 723. The highest BCUT2D eigenvalue weighted by Gasteiger charge is 2.23. The maximum atomic E-state index is 11.6. The topological polar surface area (TPSA) is 44.8 Å². The summed E-state index contributed by atoms with van der Waals surface area (Å²) in [6.45, 7) is 8.89. The van der Waals surface area contributed by atoms with Gasteiger partial charge < -0.3 is 14.2 Å². The molecule has 2 rings (SSSR count). The summed E-state index contributed by atoms with van der Waals surface area (Å²) in [6, 6.07) is 5.82. The van der Waals surface area contributed by atoms with Crippen LogP contribution in [0.3, 0.4) is 0 Å². The highest BCUT2D eigenvalue weighted by molar-refractivity contribution is 5.84. The van der Waals surface area contributed by atoms with Crippen LogP contribution in [-0.2, 0) is 9.53 Å². The molecular formula is C21H26O4. The Kier molecular flexibility index (Phi) is 6.07. The van der Waals surface area contributed by atoms with E-state index in [-0.39, 0.29) is 11.4 Å². The third-order valence-electron chi connectivity index (χ3n) is 3.80. The number of methoxy groups -OCH3 is 1. The van der Waals surface area contributed by atoms with E-state index in [1.54, 1.807) is 14.0 Å². The minimum Gasteiger partial charge on any atom is -0.497 e. The fourth-order valence-corrected chi connectivity index (χ4v) is 2.57. The molecule has 0 saturated heterocycles. The Morgan fingerprint density at radius 3 is 2.80 bits per heavy atom. The van der Waals surface area contributed by atoms with Gasteiger partial charge in [0, 0.05) is 23.1 Å². The number of hydrogen-bond acceptors (Lipinski definition) is 4. The largest absolute Gasteiger partial charge is 0.497 e. The molecule has 0 unspecified atom stereocenters. The molecule has 1 aromatic rings. The van der Waals surface area contributed by atoms with E-state index < -0.39 is 0 Å². The molecule has 134 valence electrons. The molecule has 0 bridgehead atoms. The van der Waals surface area contributed by atoms with Gasteiger partial charge in [-0.3, -0.25) is 0 Å². The van der Waals surface area contributed by atoms with Crippen molar-refractivity contribution in [1.29, 1.82) is 0 Å². The molecule has 0 amide bonds. The van der Waals surface area contributed by atoms with Gasteiger partial charge in [-0.05, 0) is 37.1 Å². The second-order valence-electron chi connectivity index (χ2n) is 6.71. The van der Waals surface area contributed by atoms with Gasteiger partial charge >= 0.3 is 5.97 Å². The van der Waals surface area contributed by atoms with Crippen molar-refractivity contribution in [2.75, 3.05) is 20.3 Å². The SMILES string of the molecule is CCOC(=O)C=C(C)C=CC1=CC(C)(C)COc2cc(OC)ccc21. The molecule has 4 nitrogen and oxygen atoms in total. The van der Waals surface area contributed by atoms with Crippen molar-refractivity contribution >= 4 is 11.5 Å². The predicted molar refractivity (Wildman–Crippen MR) is 99.8 cm³/mol. The summed E-state index contributed by atoms with van der Waals surface area (Å²) in [7, 11) is 1.64. The highest BCUT2D eigenvalue weighted by atomic mass is 16.5. The molecular weight excluding hydrogens is 316 g/mol. The maximum absolute atomic E-state index is 11.6. The fraction of sp³-hybridized carbons (Fsp3) is 0.381. The van der Waals surface area contributed by atoms with Crippen molar-refractivity contribution in [3.8, 4) is 11.5 Å². The molecule has 4 heteroatoms. The first kappa shape index (κ1) is 18.8. The lowest BCUT2D eigenvalue weighted by Gasteiger charge is -2.18. The highest BCUT2D eigenvalue weighted by Crippen LogP contribution is 2.37. The van der Waals surface area contributed by atoms with E-state index >= 15 is 0 Å². The number of ether oxygens (including phenoxy) is 3. The van der Waals surface area contributed by atoms with Crippen LogP contribution in [0.4, 0.5) is 0 Å². The second-order valence-corrected chi connectivity index (χ2v) is 6.71. The van der Waals surface area contributed by atoms with Crippen LogP contribution < -0.4 is 9.47 Å². The van der Waals surface area contributed by atoms with Crippen molar-refractivity contribution in [3.05, 3.63) is 53.6 Å². The lowest BCUT2D eigenvalue weighted by Crippen LogP contribution is -2.17. The Labute approximate surface area is 149 Å². The molecule has 0 aliphatic carbocycles. The number of hydrogen-bond donors (Lipinski definition) is 0. The number of benzene rings is 1. The molecule has 25 heavy (non-hydrogen) atoms. The van der Waals surface area contributed by atoms with Crippen LogP contribution in [0.25, 0.3) is 5.57 Å². The number of carbonyl (C=O) groups excluding carboxylic acids is 1. The number of rotatable bonds is 5. The zero-order valence-electron chi connectivity index (χ0n) is 15.6. The molecule has 0 aromatic heterocycles. The summed E-state index contributed by atoms with van der Waals surface area (Å²) < 4.78 is 16.2. The predicted octanol–water partition coefficient (Wildman–Crippen LogP) is 4.56. The van der Waals surface area contributed by atoms with Crippen molar-refractivity contribution in [2.45, 2.75) is 27.7 Å². The Morgan fingerprint density at radius 2 is 2.12 bits per heavy atom. The van der Waals surface area contributed by atoms with E-state index in [4.69, 9.17) is 14.2 Å². The Morgan fingerprint density at radius 1 is 1.36 bits per heavy atom. The first-order chi connectivity index (χ1) is 11.8. The average Bonchev–Trinajstić information content (AvgIpc) is 2.69. The van der Waals surface area contributed by atoms with Crippen LogP contribution >= 0.6 is 0 Å². The minimum atomic E-state index is -0.326. The van der Waals surface area contributed by atoms with E-state index in [1.807, 2.05) is 37.3 Å². The first-order valence-corrected chi connectivity index (χ1v) is 8.42. The summed E-state index contributed by atoms with van der Waals surface area (Å²) in [5, 5.41) is 0. The molecule has 0 fully saturated rings. The quantitative estimate of drug-likeness (QED) is 0.447. The second kappa shape index (κ2) is 8.06. The third-order valence-corrected chi connectivity index (χ3v) is 3.80. The Hall–Kier alpha value is -2.49. The zero-order valence-corrected chi connectivity index (χ0v) is 15.6. The monoisotopic (exact) mass is 342 g/mol. The van der Waals surface area contributed by atoms with Gasteiger partial charge in [0.1, 0.15) is 11.5 Å². The van der Waals surface area contributed by atoms with Gasteiger partial charge in [-0.1, -0.05) is 32.1 Å². The minimum absolute atomic E-state index is 0.106. The number of esters is 1. The van der Waals surface area contributed by atoms with E-state index in [9.17, 15) is 4.79 Å². The summed E-state index contributed by atoms with van der Waals surface area (Å²) in [4.78, 5) is 11.6. The molecule has 1 aliphatic rings. The van der Waals surface area contributed by atoms with E-state index in [1.165, 1.54) is 6.08 Å². The van der Waals surface area contributed by atoms with Crippen LogP contribution in [0.1, 0.15) is 33.3 Å². The molecule has 0 spiro atoms. The normalized spacial score (nSPS) is 16.5. The van der Waals surface area contributed by atoms with Crippen LogP contribution in [0.2, 0.25) is 0 Å². The average molecular weight is 342 g/mol. The van der Waals surface area contributed by atoms with Gasteiger partial charge in [-0.25, -0.2) is 4.79 Å². The summed E-state index contributed by atoms with van der Waals surface area (Å²) in [5.74, 6) is 1.24. The van der Waals surface area contributed by atoms with Crippen molar-refractivity contribution in [2.24, 2.45) is 5.41 Å².